The lowest BCUT2D eigenvalue weighted by Crippen LogP contribution is -2.41. The first kappa shape index (κ1) is 12.7. The molecule has 0 heterocycles. The second-order valence-corrected chi connectivity index (χ2v) is 3.61. The molecule has 0 fully saturated rings. The standard InChI is InChI=1S/C12H16O4/c1-12(15-2,16-3)10(11(13)14)9-7-5-4-6-8-9/h4-8,10H,1-3H3,(H,13,14). The largest absolute Gasteiger partial charge is 0.481 e. The van der Waals surface area contributed by atoms with Crippen molar-refractivity contribution in [3.63, 3.8) is 0 Å². The maximum absolute atomic E-state index is 11.3. The molecule has 0 bridgehead atoms. The van der Waals surface area contributed by atoms with Crippen molar-refractivity contribution in [2.45, 2.75) is 18.6 Å². The van der Waals surface area contributed by atoms with Crippen LogP contribution in [-0.2, 0) is 14.3 Å². The molecule has 4 nitrogen and oxygen atoms in total. The first-order valence-electron chi connectivity index (χ1n) is 4.93. The quantitative estimate of drug-likeness (QED) is 0.776. The molecule has 1 aromatic carbocycles. The number of methoxy groups -OCH3 is 2. The average Bonchev–Trinajstić information content (AvgIpc) is 2.30. The van der Waals surface area contributed by atoms with Crippen LogP contribution >= 0.6 is 0 Å². The number of hydrogen-bond donors (Lipinski definition) is 1. The van der Waals surface area contributed by atoms with Crippen LogP contribution in [0.3, 0.4) is 0 Å². The van der Waals surface area contributed by atoms with Gasteiger partial charge >= 0.3 is 5.97 Å². The average molecular weight is 224 g/mol. The molecule has 0 saturated heterocycles. The molecule has 1 aromatic rings. The summed E-state index contributed by atoms with van der Waals surface area (Å²) >= 11 is 0. The van der Waals surface area contributed by atoms with Gasteiger partial charge in [-0.15, -0.1) is 0 Å². The van der Waals surface area contributed by atoms with Crippen LogP contribution in [0.5, 0.6) is 0 Å². The minimum absolute atomic E-state index is 0.654. The first-order valence-corrected chi connectivity index (χ1v) is 4.93. The van der Waals surface area contributed by atoms with Gasteiger partial charge in [0, 0.05) is 14.2 Å². The third kappa shape index (κ3) is 2.40. The molecule has 0 saturated carbocycles. The molecular formula is C12H16O4. The molecule has 0 amide bonds. The van der Waals surface area contributed by atoms with Crippen LogP contribution in [0, 0.1) is 0 Å². The fourth-order valence-electron chi connectivity index (χ4n) is 1.63. The number of carboxylic acids is 1. The smallest absolute Gasteiger partial charge is 0.316 e. The van der Waals surface area contributed by atoms with Crippen molar-refractivity contribution < 1.29 is 19.4 Å². The van der Waals surface area contributed by atoms with Crippen molar-refractivity contribution >= 4 is 5.97 Å². The van der Waals surface area contributed by atoms with E-state index in [4.69, 9.17) is 9.47 Å². The zero-order valence-corrected chi connectivity index (χ0v) is 9.64. The van der Waals surface area contributed by atoms with Crippen LogP contribution in [0.15, 0.2) is 30.3 Å². The Labute approximate surface area is 94.8 Å². The molecule has 4 heteroatoms. The van der Waals surface area contributed by atoms with Gasteiger partial charge in [0.15, 0.2) is 5.79 Å². The molecule has 0 spiro atoms. The van der Waals surface area contributed by atoms with Crippen LogP contribution in [-0.4, -0.2) is 31.1 Å². The lowest BCUT2D eigenvalue weighted by atomic mass is 9.91. The summed E-state index contributed by atoms with van der Waals surface area (Å²) in [5.41, 5.74) is 0.654. The van der Waals surface area contributed by atoms with Crippen molar-refractivity contribution in [2.75, 3.05) is 14.2 Å². The van der Waals surface area contributed by atoms with Crippen LogP contribution < -0.4 is 0 Å². The summed E-state index contributed by atoms with van der Waals surface area (Å²) in [7, 11) is 2.87. The molecule has 1 atom stereocenters. The second-order valence-electron chi connectivity index (χ2n) is 3.61. The van der Waals surface area contributed by atoms with Crippen LogP contribution in [0.25, 0.3) is 0 Å². The normalized spacial score (nSPS) is 13.4. The summed E-state index contributed by atoms with van der Waals surface area (Å²) in [4.78, 5) is 11.3. The summed E-state index contributed by atoms with van der Waals surface area (Å²) in [6, 6.07) is 8.90. The lowest BCUT2D eigenvalue weighted by molar-refractivity contribution is -0.214. The maximum atomic E-state index is 11.3. The van der Waals surface area contributed by atoms with E-state index in [1.54, 1.807) is 31.2 Å². The Morgan fingerprint density at radius 3 is 2.12 bits per heavy atom. The molecule has 1 rings (SSSR count). The molecule has 1 unspecified atom stereocenters. The van der Waals surface area contributed by atoms with Gasteiger partial charge in [-0.1, -0.05) is 30.3 Å². The minimum atomic E-state index is -1.17. The Morgan fingerprint density at radius 1 is 1.25 bits per heavy atom. The van der Waals surface area contributed by atoms with Crippen molar-refractivity contribution in [1.82, 2.24) is 0 Å². The van der Waals surface area contributed by atoms with Crippen molar-refractivity contribution in [2.24, 2.45) is 0 Å². The van der Waals surface area contributed by atoms with Crippen molar-refractivity contribution in [3.05, 3.63) is 35.9 Å². The summed E-state index contributed by atoms with van der Waals surface area (Å²) in [6.45, 7) is 1.61. The second kappa shape index (κ2) is 5.09. The SMILES string of the molecule is COC(C)(OC)C(C(=O)O)c1ccccc1. The van der Waals surface area contributed by atoms with Crippen LogP contribution in [0.1, 0.15) is 18.4 Å². The van der Waals surface area contributed by atoms with E-state index in [2.05, 4.69) is 0 Å². The van der Waals surface area contributed by atoms with Gasteiger partial charge < -0.3 is 14.6 Å². The third-order valence-electron chi connectivity index (χ3n) is 2.71. The summed E-state index contributed by atoms with van der Waals surface area (Å²) in [6.07, 6.45) is 0. The maximum Gasteiger partial charge on any atom is 0.316 e. The predicted molar refractivity (Wildman–Crippen MR) is 59.2 cm³/mol. The number of aliphatic carboxylic acids is 1. The number of carbonyl (C=O) groups is 1. The highest BCUT2D eigenvalue weighted by Gasteiger charge is 2.41. The Bertz CT molecular complexity index is 343. The fraction of sp³-hybridized carbons (Fsp3) is 0.417. The van der Waals surface area contributed by atoms with Gasteiger partial charge in [-0.2, -0.15) is 0 Å². The van der Waals surface area contributed by atoms with Gasteiger partial charge in [-0.05, 0) is 12.5 Å². The molecule has 0 radical (unpaired) electrons. The van der Waals surface area contributed by atoms with E-state index >= 15 is 0 Å². The molecular weight excluding hydrogens is 208 g/mol. The summed E-state index contributed by atoms with van der Waals surface area (Å²) in [5.74, 6) is -3.01. The van der Waals surface area contributed by atoms with Gasteiger partial charge in [0.05, 0.1) is 0 Å². The Morgan fingerprint density at radius 2 is 1.75 bits per heavy atom. The highest BCUT2D eigenvalue weighted by molar-refractivity contribution is 5.77. The number of rotatable bonds is 5. The lowest BCUT2D eigenvalue weighted by Gasteiger charge is -2.32. The highest BCUT2D eigenvalue weighted by atomic mass is 16.7. The molecule has 0 aliphatic heterocycles. The molecule has 16 heavy (non-hydrogen) atoms. The number of benzene rings is 1. The Kier molecular flexibility index (Phi) is 4.04. The number of carboxylic acid groups (broad SMARTS) is 1. The van der Waals surface area contributed by atoms with Crippen LogP contribution in [0.2, 0.25) is 0 Å². The minimum Gasteiger partial charge on any atom is -0.481 e. The van der Waals surface area contributed by atoms with Gasteiger partial charge in [-0.25, -0.2) is 0 Å². The molecule has 1 N–H and O–H groups in total. The van der Waals surface area contributed by atoms with Gasteiger partial charge in [-0.3, -0.25) is 4.79 Å². The Balaban J connectivity index is 3.15. The summed E-state index contributed by atoms with van der Waals surface area (Å²) in [5, 5.41) is 9.26. The van der Waals surface area contributed by atoms with E-state index in [0.29, 0.717) is 5.56 Å². The number of hydrogen-bond acceptors (Lipinski definition) is 3. The third-order valence-corrected chi connectivity index (χ3v) is 2.71. The molecule has 0 aliphatic carbocycles. The topological polar surface area (TPSA) is 55.8 Å². The molecule has 88 valence electrons. The first-order chi connectivity index (χ1) is 7.55. The Hall–Kier alpha value is -1.39. The van der Waals surface area contributed by atoms with E-state index in [9.17, 15) is 9.90 Å². The fourth-order valence-corrected chi connectivity index (χ4v) is 1.63. The van der Waals surface area contributed by atoms with Crippen molar-refractivity contribution in [1.29, 1.82) is 0 Å². The van der Waals surface area contributed by atoms with E-state index in [0.717, 1.165) is 0 Å². The molecule has 0 aliphatic rings. The van der Waals surface area contributed by atoms with E-state index in [1.165, 1.54) is 14.2 Å². The van der Waals surface area contributed by atoms with E-state index in [-0.39, 0.29) is 0 Å². The van der Waals surface area contributed by atoms with Gasteiger partial charge in [0.2, 0.25) is 0 Å². The zero-order valence-electron chi connectivity index (χ0n) is 9.64. The predicted octanol–water partition coefficient (Wildman–Crippen LogP) is 1.86. The van der Waals surface area contributed by atoms with Gasteiger partial charge in [0.1, 0.15) is 5.92 Å². The van der Waals surface area contributed by atoms with E-state index < -0.39 is 17.7 Å². The highest BCUT2D eigenvalue weighted by Crippen LogP contribution is 2.31. The van der Waals surface area contributed by atoms with Crippen molar-refractivity contribution in [3.8, 4) is 0 Å². The molecule has 0 aromatic heterocycles. The zero-order chi connectivity index (χ0) is 12.2. The van der Waals surface area contributed by atoms with E-state index in [1.807, 2.05) is 6.07 Å². The monoisotopic (exact) mass is 224 g/mol. The van der Waals surface area contributed by atoms with Gasteiger partial charge in [0.25, 0.3) is 0 Å². The number of ether oxygens (including phenoxy) is 2. The summed E-state index contributed by atoms with van der Waals surface area (Å²) < 4.78 is 10.3. The van der Waals surface area contributed by atoms with Crippen LogP contribution in [0.4, 0.5) is 0 Å².